The minimum Gasteiger partial charge on any atom is -0.465 e. The number of halogens is 1. The second-order valence-electron chi connectivity index (χ2n) is 5.83. The SMILES string of the molecule is COC(=O)c1ccc(F)c(NC(=O)CCCn2c(=O)oc3ccccc32)c1. The monoisotopic (exact) mass is 372 g/mol. The van der Waals surface area contributed by atoms with Gasteiger partial charge in [0.1, 0.15) is 5.82 Å². The van der Waals surface area contributed by atoms with Crippen molar-refractivity contribution in [3.8, 4) is 0 Å². The van der Waals surface area contributed by atoms with Crippen LogP contribution in [0.1, 0.15) is 23.2 Å². The van der Waals surface area contributed by atoms with E-state index in [1.54, 1.807) is 24.3 Å². The minimum atomic E-state index is -0.659. The molecule has 1 aromatic heterocycles. The number of rotatable bonds is 6. The molecule has 0 fully saturated rings. The number of para-hydroxylation sites is 2. The van der Waals surface area contributed by atoms with Crippen LogP contribution in [0.4, 0.5) is 10.1 Å². The number of amides is 1. The number of carbonyl (C=O) groups excluding carboxylic acids is 2. The third-order valence-electron chi connectivity index (χ3n) is 4.02. The second-order valence-corrected chi connectivity index (χ2v) is 5.83. The molecule has 8 heteroatoms. The number of methoxy groups -OCH3 is 1. The number of esters is 1. The summed E-state index contributed by atoms with van der Waals surface area (Å²) in [6, 6.07) is 10.6. The smallest absolute Gasteiger partial charge is 0.419 e. The third-order valence-corrected chi connectivity index (χ3v) is 4.02. The molecule has 1 heterocycles. The summed E-state index contributed by atoms with van der Waals surface area (Å²) in [5, 5.41) is 2.43. The summed E-state index contributed by atoms with van der Waals surface area (Å²) < 4.78 is 25.0. The van der Waals surface area contributed by atoms with Crippen LogP contribution in [0.2, 0.25) is 0 Å². The maximum atomic E-state index is 13.8. The van der Waals surface area contributed by atoms with E-state index in [0.29, 0.717) is 17.5 Å². The van der Waals surface area contributed by atoms with Gasteiger partial charge in [-0.1, -0.05) is 12.1 Å². The Bertz CT molecular complexity index is 1050. The van der Waals surface area contributed by atoms with Crippen LogP contribution < -0.4 is 11.1 Å². The first kappa shape index (κ1) is 18.4. The fraction of sp³-hybridized carbons (Fsp3) is 0.211. The van der Waals surface area contributed by atoms with Crippen LogP contribution in [-0.4, -0.2) is 23.6 Å². The Balaban J connectivity index is 1.62. The number of nitrogens with zero attached hydrogens (tertiary/aromatic N) is 1. The number of oxazole rings is 1. The van der Waals surface area contributed by atoms with Gasteiger partial charge in [0.2, 0.25) is 5.91 Å². The number of hydrogen-bond donors (Lipinski definition) is 1. The van der Waals surface area contributed by atoms with Gasteiger partial charge >= 0.3 is 11.7 Å². The number of aromatic nitrogens is 1. The maximum Gasteiger partial charge on any atom is 0.419 e. The lowest BCUT2D eigenvalue weighted by atomic mass is 10.2. The van der Waals surface area contributed by atoms with Crippen molar-refractivity contribution >= 4 is 28.7 Å². The van der Waals surface area contributed by atoms with Crippen LogP contribution in [0, 0.1) is 5.82 Å². The highest BCUT2D eigenvalue weighted by Gasteiger charge is 2.13. The van der Waals surface area contributed by atoms with Crippen LogP contribution in [0.15, 0.2) is 51.7 Å². The molecule has 1 amide bonds. The summed E-state index contributed by atoms with van der Waals surface area (Å²) in [7, 11) is 1.21. The van der Waals surface area contributed by atoms with Gasteiger partial charge < -0.3 is 14.5 Å². The van der Waals surface area contributed by atoms with Gasteiger partial charge in [-0.25, -0.2) is 14.0 Å². The molecule has 0 atom stereocenters. The van der Waals surface area contributed by atoms with Gasteiger partial charge in [-0.3, -0.25) is 9.36 Å². The second kappa shape index (κ2) is 7.86. The van der Waals surface area contributed by atoms with Crippen molar-refractivity contribution in [1.29, 1.82) is 0 Å². The fourth-order valence-electron chi connectivity index (χ4n) is 2.70. The molecule has 0 aliphatic carbocycles. The molecule has 2 aromatic carbocycles. The molecule has 27 heavy (non-hydrogen) atoms. The Labute approximate surface area is 153 Å². The number of hydrogen-bond acceptors (Lipinski definition) is 5. The van der Waals surface area contributed by atoms with E-state index < -0.39 is 23.4 Å². The number of ether oxygens (including phenoxy) is 1. The van der Waals surface area contributed by atoms with Crippen LogP contribution >= 0.6 is 0 Å². The molecule has 140 valence electrons. The van der Waals surface area contributed by atoms with Crippen LogP contribution in [0.3, 0.4) is 0 Å². The van der Waals surface area contributed by atoms with E-state index in [-0.39, 0.29) is 24.2 Å². The van der Waals surface area contributed by atoms with Gasteiger partial charge in [0.15, 0.2) is 5.58 Å². The summed E-state index contributed by atoms with van der Waals surface area (Å²) >= 11 is 0. The van der Waals surface area contributed by atoms with Gasteiger partial charge in [0.25, 0.3) is 0 Å². The van der Waals surface area contributed by atoms with Gasteiger partial charge in [-0.15, -0.1) is 0 Å². The van der Waals surface area contributed by atoms with Crippen molar-refractivity contribution in [1.82, 2.24) is 4.57 Å². The fourth-order valence-corrected chi connectivity index (χ4v) is 2.70. The predicted octanol–water partition coefficient (Wildman–Crippen LogP) is 2.94. The van der Waals surface area contributed by atoms with Gasteiger partial charge in [-0.2, -0.15) is 0 Å². The lowest BCUT2D eigenvalue weighted by molar-refractivity contribution is -0.116. The molecule has 0 saturated carbocycles. The predicted molar refractivity (Wildman–Crippen MR) is 96.1 cm³/mol. The Morgan fingerprint density at radius 2 is 2.00 bits per heavy atom. The Morgan fingerprint density at radius 3 is 2.78 bits per heavy atom. The highest BCUT2D eigenvalue weighted by Crippen LogP contribution is 2.18. The van der Waals surface area contributed by atoms with Crippen molar-refractivity contribution in [3.63, 3.8) is 0 Å². The first-order chi connectivity index (χ1) is 13.0. The summed E-state index contributed by atoms with van der Waals surface area (Å²) in [5.41, 5.74) is 1.16. The molecule has 1 N–H and O–H groups in total. The highest BCUT2D eigenvalue weighted by atomic mass is 19.1. The molecule has 0 aliphatic heterocycles. The molecule has 0 saturated heterocycles. The van der Waals surface area contributed by atoms with Gasteiger partial charge in [0, 0.05) is 13.0 Å². The molecule has 0 spiro atoms. The molecule has 3 aromatic rings. The topological polar surface area (TPSA) is 90.5 Å². The summed E-state index contributed by atoms with van der Waals surface area (Å²) in [6.45, 7) is 0.286. The zero-order chi connectivity index (χ0) is 19.4. The standard InChI is InChI=1S/C19H17FN2O5/c1-26-18(24)12-8-9-13(20)14(11-12)21-17(23)7-4-10-22-15-5-2-3-6-16(15)27-19(22)25/h2-3,5-6,8-9,11H,4,7,10H2,1H3,(H,21,23). The Hall–Kier alpha value is -3.42. The number of nitrogens with one attached hydrogen (secondary N) is 1. The van der Waals surface area contributed by atoms with Crippen molar-refractivity contribution in [2.45, 2.75) is 19.4 Å². The third kappa shape index (κ3) is 4.05. The van der Waals surface area contributed by atoms with E-state index in [2.05, 4.69) is 10.1 Å². The van der Waals surface area contributed by atoms with Crippen LogP contribution in [-0.2, 0) is 16.1 Å². The zero-order valence-corrected chi connectivity index (χ0v) is 14.5. The molecule has 0 aliphatic rings. The van der Waals surface area contributed by atoms with E-state index in [1.165, 1.54) is 23.8 Å². The maximum absolute atomic E-state index is 13.8. The van der Waals surface area contributed by atoms with Crippen LogP contribution in [0.5, 0.6) is 0 Å². The summed E-state index contributed by atoms with van der Waals surface area (Å²) in [4.78, 5) is 35.5. The lowest BCUT2D eigenvalue weighted by Crippen LogP contribution is -2.17. The first-order valence-corrected chi connectivity index (χ1v) is 8.25. The Kier molecular flexibility index (Phi) is 5.35. The largest absolute Gasteiger partial charge is 0.465 e. The lowest BCUT2D eigenvalue weighted by Gasteiger charge is -2.08. The van der Waals surface area contributed by atoms with E-state index in [4.69, 9.17) is 4.42 Å². The molecular weight excluding hydrogens is 355 g/mol. The quantitative estimate of drug-likeness (QED) is 0.672. The Morgan fingerprint density at radius 1 is 1.22 bits per heavy atom. The minimum absolute atomic E-state index is 0.0633. The molecule has 0 bridgehead atoms. The van der Waals surface area contributed by atoms with Gasteiger partial charge in [-0.05, 0) is 36.8 Å². The van der Waals surface area contributed by atoms with Crippen molar-refractivity contribution in [2.24, 2.45) is 0 Å². The average Bonchev–Trinajstić information content (AvgIpc) is 2.98. The first-order valence-electron chi connectivity index (χ1n) is 8.25. The number of anilines is 1. The zero-order valence-electron chi connectivity index (χ0n) is 14.5. The van der Waals surface area contributed by atoms with E-state index in [0.717, 1.165) is 6.07 Å². The number of fused-ring (bicyclic) bond motifs is 1. The normalized spacial score (nSPS) is 10.7. The molecule has 0 radical (unpaired) electrons. The number of benzene rings is 2. The number of aryl methyl sites for hydroxylation is 1. The number of carbonyl (C=O) groups is 2. The van der Waals surface area contributed by atoms with E-state index in [9.17, 15) is 18.8 Å². The molecule has 0 unspecified atom stereocenters. The molecule has 3 rings (SSSR count). The molecular formula is C19H17FN2O5. The van der Waals surface area contributed by atoms with Gasteiger partial charge in [0.05, 0.1) is 23.9 Å². The summed E-state index contributed by atoms with van der Waals surface area (Å²) in [5.74, 6) is -2.21. The average molecular weight is 372 g/mol. The van der Waals surface area contributed by atoms with Crippen LogP contribution in [0.25, 0.3) is 11.1 Å². The van der Waals surface area contributed by atoms with E-state index in [1.807, 2.05) is 0 Å². The van der Waals surface area contributed by atoms with Crippen molar-refractivity contribution in [2.75, 3.05) is 12.4 Å². The summed E-state index contributed by atoms with van der Waals surface area (Å²) in [6.07, 6.45) is 0.418. The van der Waals surface area contributed by atoms with Crippen molar-refractivity contribution < 1.29 is 23.1 Å². The highest BCUT2D eigenvalue weighted by molar-refractivity contribution is 5.94. The van der Waals surface area contributed by atoms with E-state index >= 15 is 0 Å². The van der Waals surface area contributed by atoms with Crippen molar-refractivity contribution in [3.05, 3.63) is 64.4 Å². The molecule has 7 nitrogen and oxygen atoms in total.